The Balaban J connectivity index is 1.53. The predicted octanol–water partition coefficient (Wildman–Crippen LogP) is 5.03. The molecule has 0 saturated carbocycles. The number of amides is 1. The summed E-state index contributed by atoms with van der Waals surface area (Å²) < 4.78 is 2.25. The first kappa shape index (κ1) is 21.4. The molecular formula is C28H30N4O. The molecule has 0 aliphatic carbocycles. The van der Waals surface area contributed by atoms with E-state index in [1.54, 1.807) is 0 Å². The quantitative estimate of drug-likeness (QED) is 0.439. The maximum atomic E-state index is 12.1. The van der Waals surface area contributed by atoms with Gasteiger partial charge in [-0.1, -0.05) is 67.1 Å². The van der Waals surface area contributed by atoms with Crippen molar-refractivity contribution in [3.63, 3.8) is 0 Å². The molecule has 1 aliphatic heterocycles. The number of hydrogen-bond donors (Lipinski definition) is 0. The third-order valence-corrected chi connectivity index (χ3v) is 6.55. The Kier molecular flexibility index (Phi) is 5.97. The van der Waals surface area contributed by atoms with Crippen molar-refractivity contribution in [3.8, 4) is 22.4 Å². The number of carbonyl (C=O) groups is 1. The molecule has 5 heteroatoms. The number of hydrogen-bond acceptors (Lipinski definition) is 3. The number of nitrogens with zero attached hydrogens (tertiary/aromatic N) is 4. The Morgan fingerprint density at radius 2 is 1.55 bits per heavy atom. The minimum atomic E-state index is 0.247. The maximum Gasteiger partial charge on any atom is 0.222 e. The van der Waals surface area contributed by atoms with Crippen LogP contribution in [0.5, 0.6) is 0 Å². The van der Waals surface area contributed by atoms with Crippen molar-refractivity contribution in [1.29, 1.82) is 0 Å². The van der Waals surface area contributed by atoms with Crippen molar-refractivity contribution < 1.29 is 4.79 Å². The number of aromatic nitrogens is 2. The Labute approximate surface area is 195 Å². The highest BCUT2D eigenvalue weighted by atomic mass is 16.2. The molecule has 5 nitrogen and oxygen atoms in total. The standard InChI is InChI=1S/C28H30N4O/c1-3-27(33)31-17-15-30(16-18-31)20-25-28(23-11-9-21(2)10-12-23)29-26-14-13-24(19-32(25)26)22-7-5-4-6-8-22/h4-14,19H,3,15-18,20H2,1-2H3. The van der Waals surface area contributed by atoms with Crippen molar-refractivity contribution in [2.45, 2.75) is 26.8 Å². The molecule has 0 radical (unpaired) electrons. The Morgan fingerprint density at radius 1 is 0.848 bits per heavy atom. The zero-order valence-electron chi connectivity index (χ0n) is 19.4. The fraction of sp³-hybridized carbons (Fsp3) is 0.286. The van der Waals surface area contributed by atoms with Crippen molar-refractivity contribution >= 4 is 11.6 Å². The number of aryl methyl sites for hydroxylation is 1. The van der Waals surface area contributed by atoms with E-state index in [2.05, 4.69) is 83.1 Å². The van der Waals surface area contributed by atoms with Crippen LogP contribution in [0, 0.1) is 6.92 Å². The molecule has 1 fully saturated rings. The van der Waals surface area contributed by atoms with E-state index in [1.165, 1.54) is 22.4 Å². The summed E-state index contributed by atoms with van der Waals surface area (Å²) in [6.45, 7) is 8.19. The molecule has 2 aromatic carbocycles. The zero-order valence-corrected chi connectivity index (χ0v) is 19.4. The SMILES string of the molecule is CCC(=O)N1CCN(Cc2c(-c3ccc(C)cc3)nc3ccc(-c4ccccc4)cn23)CC1. The van der Waals surface area contributed by atoms with Gasteiger partial charge in [0.15, 0.2) is 0 Å². The first-order valence-electron chi connectivity index (χ1n) is 11.8. The molecule has 0 atom stereocenters. The summed E-state index contributed by atoms with van der Waals surface area (Å²) in [5.74, 6) is 0.247. The van der Waals surface area contributed by atoms with Gasteiger partial charge in [-0.3, -0.25) is 9.69 Å². The van der Waals surface area contributed by atoms with E-state index < -0.39 is 0 Å². The van der Waals surface area contributed by atoms with Crippen LogP contribution < -0.4 is 0 Å². The smallest absolute Gasteiger partial charge is 0.222 e. The summed E-state index contributed by atoms with van der Waals surface area (Å²) >= 11 is 0. The van der Waals surface area contributed by atoms with E-state index in [4.69, 9.17) is 4.98 Å². The number of piperazine rings is 1. The molecule has 1 amide bonds. The molecule has 1 saturated heterocycles. The van der Waals surface area contributed by atoms with Gasteiger partial charge in [0, 0.05) is 50.9 Å². The molecule has 2 aromatic heterocycles. The van der Waals surface area contributed by atoms with Gasteiger partial charge in [-0.05, 0) is 30.2 Å². The lowest BCUT2D eigenvalue weighted by atomic mass is 10.1. The van der Waals surface area contributed by atoms with Crippen LogP contribution in [0.1, 0.15) is 24.6 Å². The first-order chi connectivity index (χ1) is 16.1. The summed E-state index contributed by atoms with van der Waals surface area (Å²) in [6, 6.07) is 23.4. The average Bonchev–Trinajstić information content (AvgIpc) is 3.22. The molecule has 0 spiro atoms. The summed E-state index contributed by atoms with van der Waals surface area (Å²) in [5, 5.41) is 0. The minimum absolute atomic E-state index is 0.247. The highest BCUT2D eigenvalue weighted by molar-refractivity contribution is 5.76. The van der Waals surface area contributed by atoms with Gasteiger partial charge in [0.05, 0.1) is 11.4 Å². The van der Waals surface area contributed by atoms with Crippen LogP contribution in [0.25, 0.3) is 28.0 Å². The molecule has 0 N–H and O–H groups in total. The molecule has 168 valence electrons. The summed E-state index contributed by atoms with van der Waals surface area (Å²) in [5.41, 5.74) is 7.94. The van der Waals surface area contributed by atoms with Gasteiger partial charge < -0.3 is 9.30 Å². The second kappa shape index (κ2) is 9.20. The number of benzene rings is 2. The van der Waals surface area contributed by atoms with E-state index >= 15 is 0 Å². The second-order valence-corrected chi connectivity index (χ2v) is 8.80. The van der Waals surface area contributed by atoms with Gasteiger partial charge >= 0.3 is 0 Å². The van der Waals surface area contributed by atoms with Crippen molar-refractivity contribution in [1.82, 2.24) is 19.2 Å². The van der Waals surface area contributed by atoms with Gasteiger partial charge in [0.2, 0.25) is 5.91 Å². The fourth-order valence-corrected chi connectivity index (χ4v) is 4.58. The molecule has 5 rings (SSSR count). The predicted molar refractivity (Wildman–Crippen MR) is 133 cm³/mol. The largest absolute Gasteiger partial charge is 0.340 e. The summed E-state index contributed by atoms with van der Waals surface area (Å²) in [7, 11) is 0. The lowest BCUT2D eigenvalue weighted by Crippen LogP contribution is -2.48. The number of rotatable bonds is 5. The van der Waals surface area contributed by atoms with Gasteiger partial charge in [-0.15, -0.1) is 0 Å². The minimum Gasteiger partial charge on any atom is -0.340 e. The summed E-state index contributed by atoms with van der Waals surface area (Å²) in [6.07, 6.45) is 2.79. The van der Waals surface area contributed by atoms with Gasteiger partial charge in [-0.25, -0.2) is 4.98 Å². The number of imidazole rings is 1. The van der Waals surface area contributed by atoms with Crippen LogP contribution in [0.15, 0.2) is 72.9 Å². The van der Waals surface area contributed by atoms with E-state index in [-0.39, 0.29) is 5.91 Å². The highest BCUT2D eigenvalue weighted by Gasteiger charge is 2.23. The monoisotopic (exact) mass is 438 g/mol. The van der Waals surface area contributed by atoms with E-state index in [1.807, 2.05) is 17.9 Å². The third kappa shape index (κ3) is 4.41. The Hall–Kier alpha value is -3.44. The number of fused-ring (bicyclic) bond motifs is 1. The van der Waals surface area contributed by atoms with Crippen LogP contribution in [-0.4, -0.2) is 51.3 Å². The van der Waals surface area contributed by atoms with Gasteiger partial charge in [0.1, 0.15) is 5.65 Å². The van der Waals surface area contributed by atoms with E-state index in [9.17, 15) is 4.79 Å². The highest BCUT2D eigenvalue weighted by Crippen LogP contribution is 2.29. The van der Waals surface area contributed by atoms with Crippen molar-refractivity contribution in [3.05, 3.63) is 84.2 Å². The van der Waals surface area contributed by atoms with Crippen LogP contribution in [0.4, 0.5) is 0 Å². The molecule has 33 heavy (non-hydrogen) atoms. The first-order valence-corrected chi connectivity index (χ1v) is 11.8. The van der Waals surface area contributed by atoms with Crippen LogP contribution in [0.3, 0.4) is 0 Å². The van der Waals surface area contributed by atoms with Crippen LogP contribution >= 0.6 is 0 Å². The number of carbonyl (C=O) groups excluding carboxylic acids is 1. The van der Waals surface area contributed by atoms with Gasteiger partial charge in [-0.2, -0.15) is 0 Å². The van der Waals surface area contributed by atoms with E-state index in [0.29, 0.717) is 6.42 Å². The molecule has 0 unspecified atom stereocenters. The maximum absolute atomic E-state index is 12.1. The van der Waals surface area contributed by atoms with Crippen molar-refractivity contribution in [2.24, 2.45) is 0 Å². The van der Waals surface area contributed by atoms with Crippen LogP contribution in [-0.2, 0) is 11.3 Å². The molecule has 3 heterocycles. The lowest BCUT2D eigenvalue weighted by molar-refractivity contribution is -0.132. The lowest BCUT2D eigenvalue weighted by Gasteiger charge is -2.34. The third-order valence-electron chi connectivity index (χ3n) is 6.55. The molecule has 1 aliphatic rings. The Morgan fingerprint density at radius 3 is 2.24 bits per heavy atom. The molecule has 4 aromatic rings. The fourth-order valence-electron chi connectivity index (χ4n) is 4.58. The van der Waals surface area contributed by atoms with E-state index in [0.717, 1.165) is 49.6 Å². The average molecular weight is 439 g/mol. The molecule has 0 bridgehead atoms. The zero-order chi connectivity index (χ0) is 22.8. The normalized spacial score (nSPS) is 14.7. The van der Waals surface area contributed by atoms with Crippen molar-refractivity contribution in [2.75, 3.05) is 26.2 Å². The number of pyridine rings is 1. The molecular weight excluding hydrogens is 408 g/mol. The van der Waals surface area contributed by atoms with Gasteiger partial charge in [0.25, 0.3) is 0 Å². The Bertz CT molecular complexity index is 1250. The van der Waals surface area contributed by atoms with Crippen LogP contribution in [0.2, 0.25) is 0 Å². The topological polar surface area (TPSA) is 40.9 Å². The second-order valence-electron chi connectivity index (χ2n) is 8.80. The summed E-state index contributed by atoms with van der Waals surface area (Å²) in [4.78, 5) is 21.6.